The van der Waals surface area contributed by atoms with Crippen molar-refractivity contribution in [3.8, 4) is 0 Å². The highest BCUT2D eigenvalue weighted by Gasteiger charge is 1.97. The summed E-state index contributed by atoms with van der Waals surface area (Å²) >= 11 is 3.23. The molecular formula is C8H6BrO. The van der Waals surface area contributed by atoms with Gasteiger partial charge < -0.3 is 0 Å². The van der Waals surface area contributed by atoms with Gasteiger partial charge in [-0.3, -0.25) is 4.79 Å². The van der Waals surface area contributed by atoms with E-state index in [1.165, 1.54) is 0 Å². The number of hydrogen-bond donors (Lipinski definition) is 0. The molecule has 1 radical (unpaired) electrons. The molecule has 0 amide bonds. The fourth-order valence-corrected chi connectivity index (χ4v) is 1.04. The SMILES string of the molecule is Cc1ccc(Br)c([C]=O)c1. The van der Waals surface area contributed by atoms with Crippen LogP contribution in [0.1, 0.15) is 11.1 Å². The molecule has 0 saturated heterocycles. The molecule has 1 nitrogen and oxygen atoms in total. The van der Waals surface area contributed by atoms with Crippen molar-refractivity contribution in [3.05, 3.63) is 33.8 Å². The number of rotatable bonds is 1. The summed E-state index contributed by atoms with van der Waals surface area (Å²) in [6.07, 6.45) is 1.84. The zero-order chi connectivity index (χ0) is 7.56. The molecule has 0 aliphatic carbocycles. The van der Waals surface area contributed by atoms with E-state index in [0.717, 1.165) is 10.0 Å². The Hall–Kier alpha value is -0.630. The van der Waals surface area contributed by atoms with Crippen molar-refractivity contribution in [1.29, 1.82) is 0 Å². The molecule has 0 bridgehead atoms. The van der Waals surface area contributed by atoms with E-state index >= 15 is 0 Å². The van der Waals surface area contributed by atoms with Crippen LogP contribution in [0.15, 0.2) is 22.7 Å². The fraction of sp³-hybridized carbons (Fsp3) is 0.125. The van der Waals surface area contributed by atoms with Crippen molar-refractivity contribution in [3.63, 3.8) is 0 Å². The van der Waals surface area contributed by atoms with Crippen molar-refractivity contribution >= 4 is 22.2 Å². The zero-order valence-electron chi connectivity index (χ0n) is 5.52. The Morgan fingerprint density at radius 2 is 2.20 bits per heavy atom. The Labute approximate surface area is 68.2 Å². The van der Waals surface area contributed by atoms with Crippen molar-refractivity contribution in [2.24, 2.45) is 0 Å². The van der Waals surface area contributed by atoms with Gasteiger partial charge in [-0.05, 0) is 19.1 Å². The standard InChI is InChI=1S/C8H6BrO/c1-6-2-3-8(9)7(4-6)5-10/h2-4H,1H3. The Kier molecular flexibility index (Phi) is 2.22. The third kappa shape index (κ3) is 1.45. The highest BCUT2D eigenvalue weighted by atomic mass is 79.9. The van der Waals surface area contributed by atoms with Crippen LogP contribution in [0.4, 0.5) is 0 Å². The van der Waals surface area contributed by atoms with Crippen molar-refractivity contribution < 1.29 is 4.79 Å². The van der Waals surface area contributed by atoms with Crippen LogP contribution in [0.5, 0.6) is 0 Å². The van der Waals surface area contributed by atoms with Gasteiger partial charge in [-0.1, -0.05) is 27.6 Å². The van der Waals surface area contributed by atoms with E-state index in [0.29, 0.717) is 5.56 Å². The molecule has 0 aromatic heterocycles. The number of benzene rings is 1. The molecule has 0 aliphatic heterocycles. The topological polar surface area (TPSA) is 17.1 Å². The van der Waals surface area contributed by atoms with Crippen LogP contribution in [0.2, 0.25) is 0 Å². The van der Waals surface area contributed by atoms with Gasteiger partial charge in [-0.2, -0.15) is 0 Å². The molecule has 0 aliphatic rings. The second kappa shape index (κ2) is 2.97. The summed E-state index contributed by atoms with van der Waals surface area (Å²) in [5, 5.41) is 0. The summed E-state index contributed by atoms with van der Waals surface area (Å²) in [6, 6.07) is 5.57. The predicted octanol–water partition coefficient (Wildman–Crippen LogP) is 2.22. The maximum atomic E-state index is 10.2. The van der Waals surface area contributed by atoms with E-state index in [1.54, 1.807) is 6.07 Å². The Balaban J connectivity index is 3.21. The van der Waals surface area contributed by atoms with Gasteiger partial charge in [0, 0.05) is 10.0 Å². The molecule has 1 aromatic carbocycles. The van der Waals surface area contributed by atoms with E-state index < -0.39 is 0 Å². The quantitative estimate of drug-likeness (QED) is 0.676. The normalized spacial score (nSPS) is 9.40. The van der Waals surface area contributed by atoms with Gasteiger partial charge in [0.1, 0.15) is 0 Å². The molecule has 1 aromatic rings. The molecule has 51 valence electrons. The molecule has 1 rings (SSSR count). The molecule has 0 unspecified atom stereocenters. The maximum absolute atomic E-state index is 10.2. The number of aryl methyl sites for hydroxylation is 1. The van der Waals surface area contributed by atoms with Crippen molar-refractivity contribution in [2.45, 2.75) is 6.92 Å². The van der Waals surface area contributed by atoms with Crippen LogP contribution in [-0.2, 0) is 4.79 Å². The van der Waals surface area contributed by atoms with Gasteiger partial charge in [0.25, 0.3) is 0 Å². The molecule has 0 heterocycles. The van der Waals surface area contributed by atoms with Gasteiger partial charge >= 0.3 is 0 Å². The number of halogens is 1. The van der Waals surface area contributed by atoms with E-state index in [1.807, 2.05) is 25.3 Å². The van der Waals surface area contributed by atoms with Crippen LogP contribution in [0.25, 0.3) is 0 Å². The van der Waals surface area contributed by atoms with Crippen LogP contribution < -0.4 is 0 Å². The molecule has 10 heavy (non-hydrogen) atoms. The Morgan fingerprint density at radius 3 is 2.70 bits per heavy atom. The first-order valence-corrected chi connectivity index (χ1v) is 3.67. The van der Waals surface area contributed by atoms with E-state index in [-0.39, 0.29) is 0 Å². The van der Waals surface area contributed by atoms with Crippen LogP contribution >= 0.6 is 15.9 Å². The summed E-state index contributed by atoms with van der Waals surface area (Å²) in [6.45, 7) is 1.94. The number of carbonyl (C=O) groups excluding carboxylic acids is 1. The number of hydrogen-bond acceptors (Lipinski definition) is 1. The maximum Gasteiger partial charge on any atom is 0.234 e. The van der Waals surface area contributed by atoms with E-state index in [9.17, 15) is 4.79 Å². The molecule has 0 saturated carbocycles. The molecule has 0 atom stereocenters. The highest BCUT2D eigenvalue weighted by Crippen LogP contribution is 2.15. The van der Waals surface area contributed by atoms with Gasteiger partial charge in [-0.25, -0.2) is 0 Å². The monoisotopic (exact) mass is 197 g/mol. The van der Waals surface area contributed by atoms with Crippen molar-refractivity contribution in [2.75, 3.05) is 0 Å². The van der Waals surface area contributed by atoms with Crippen LogP contribution in [-0.4, -0.2) is 6.29 Å². The first-order valence-electron chi connectivity index (χ1n) is 2.88. The largest absolute Gasteiger partial charge is 0.285 e. The summed E-state index contributed by atoms with van der Waals surface area (Å²) in [5.74, 6) is 0. The van der Waals surface area contributed by atoms with Gasteiger partial charge in [0.05, 0.1) is 0 Å². The van der Waals surface area contributed by atoms with E-state index in [2.05, 4.69) is 15.9 Å². The predicted molar refractivity (Wildman–Crippen MR) is 43.7 cm³/mol. The third-order valence-electron chi connectivity index (χ3n) is 1.23. The molecule has 0 spiro atoms. The molecule has 0 fully saturated rings. The third-order valence-corrected chi connectivity index (χ3v) is 1.92. The lowest BCUT2D eigenvalue weighted by Crippen LogP contribution is -1.82. The van der Waals surface area contributed by atoms with E-state index in [4.69, 9.17) is 0 Å². The van der Waals surface area contributed by atoms with Crippen LogP contribution in [0, 0.1) is 6.92 Å². The van der Waals surface area contributed by atoms with Crippen LogP contribution in [0.3, 0.4) is 0 Å². The summed E-state index contributed by atoms with van der Waals surface area (Å²) in [7, 11) is 0. The lowest BCUT2D eigenvalue weighted by atomic mass is 10.2. The Morgan fingerprint density at radius 1 is 1.50 bits per heavy atom. The average Bonchev–Trinajstić information content (AvgIpc) is 1.94. The minimum absolute atomic E-state index is 0.583. The van der Waals surface area contributed by atoms with Crippen molar-refractivity contribution in [1.82, 2.24) is 0 Å². The second-order valence-corrected chi connectivity index (χ2v) is 2.94. The fourth-order valence-electron chi connectivity index (χ4n) is 0.717. The summed E-state index contributed by atoms with van der Waals surface area (Å²) in [5.41, 5.74) is 1.65. The highest BCUT2D eigenvalue weighted by molar-refractivity contribution is 9.10. The zero-order valence-corrected chi connectivity index (χ0v) is 7.10. The average molecular weight is 198 g/mol. The summed E-state index contributed by atoms with van der Waals surface area (Å²) < 4.78 is 0.799. The van der Waals surface area contributed by atoms with Gasteiger partial charge in [0.15, 0.2) is 0 Å². The lowest BCUT2D eigenvalue weighted by Gasteiger charge is -1.95. The lowest BCUT2D eigenvalue weighted by molar-refractivity contribution is 0.562. The Bertz CT molecular complexity index is 255. The molecular weight excluding hydrogens is 192 g/mol. The smallest absolute Gasteiger partial charge is 0.234 e. The summed E-state index contributed by atoms with van der Waals surface area (Å²) in [4.78, 5) is 10.2. The first kappa shape index (κ1) is 7.48. The first-order chi connectivity index (χ1) is 4.74. The van der Waals surface area contributed by atoms with Gasteiger partial charge in [-0.15, -0.1) is 0 Å². The minimum atomic E-state index is 0.583. The molecule has 2 heteroatoms. The second-order valence-electron chi connectivity index (χ2n) is 2.09. The van der Waals surface area contributed by atoms with Gasteiger partial charge in [0.2, 0.25) is 6.29 Å². The molecule has 0 N–H and O–H groups in total. The minimum Gasteiger partial charge on any atom is -0.285 e.